The molecule has 1 aromatic heterocycles. The third kappa shape index (κ3) is 4.38. The molecule has 0 unspecified atom stereocenters. The van der Waals surface area contributed by atoms with E-state index in [0.717, 1.165) is 32.5 Å². The van der Waals surface area contributed by atoms with Crippen LogP contribution in [-0.2, 0) is 6.54 Å². The fourth-order valence-electron chi connectivity index (χ4n) is 3.96. The zero-order valence-electron chi connectivity index (χ0n) is 16.7. The quantitative estimate of drug-likeness (QED) is 0.623. The second-order valence-electron chi connectivity index (χ2n) is 7.87. The van der Waals surface area contributed by atoms with Crippen LogP contribution in [0.5, 0.6) is 0 Å². The molecule has 156 valence electrons. The largest absolute Gasteiger partial charge is 0.321 e. The van der Waals surface area contributed by atoms with Crippen molar-refractivity contribution in [3.8, 4) is 0 Å². The maximum atomic E-state index is 13.1. The van der Waals surface area contributed by atoms with Crippen LogP contribution in [0.3, 0.4) is 0 Å². The molecule has 4 rings (SSSR count). The Bertz CT molecular complexity index is 1150. The lowest BCUT2D eigenvalue weighted by atomic mass is 9.97. The summed E-state index contributed by atoms with van der Waals surface area (Å²) in [6.07, 6.45) is 4.02. The zero-order valence-corrected chi connectivity index (χ0v) is 18.2. The van der Waals surface area contributed by atoms with Crippen LogP contribution >= 0.6 is 23.2 Å². The van der Waals surface area contributed by atoms with Gasteiger partial charge in [-0.3, -0.25) is 9.59 Å². The number of likely N-dealkylation sites (tertiary alicyclic amines) is 1. The minimum absolute atomic E-state index is 0.0351. The van der Waals surface area contributed by atoms with Gasteiger partial charge in [-0.05, 0) is 75.3 Å². The molecule has 5 nitrogen and oxygen atoms in total. The molecule has 30 heavy (non-hydrogen) atoms. The summed E-state index contributed by atoms with van der Waals surface area (Å²) in [5, 5.41) is 4.91. The number of nitrogens with zero attached hydrogens (tertiary/aromatic N) is 2. The van der Waals surface area contributed by atoms with Gasteiger partial charge in [0.1, 0.15) is 0 Å². The number of piperidine rings is 1. The Labute approximate surface area is 185 Å². The molecule has 1 N–H and O–H groups in total. The maximum Gasteiger partial charge on any atom is 0.258 e. The molecule has 2 heterocycles. The Balaban J connectivity index is 1.60. The number of fused-ring (bicyclic) bond motifs is 1. The van der Waals surface area contributed by atoms with E-state index in [4.69, 9.17) is 23.2 Å². The van der Waals surface area contributed by atoms with Crippen LogP contribution < -0.4 is 10.9 Å². The monoisotopic (exact) mass is 443 g/mol. The summed E-state index contributed by atoms with van der Waals surface area (Å²) in [6, 6.07) is 12.0. The first-order valence-electron chi connectivity index (χ1n) is 9.99. The second-order valence-corrected chi connectivity index (χ2v) is 8.71. The van der Waals surface area contributed by atoms with E-state index >= 15 is 0 Å². The number of amides is 1. The highest BCUT2D eigenvalue weighted by atomic mass is 35.5. The van der Waals surface area contributed by atoms with Crippen LogP contribution in [0.2, 0.25) is 10.0 Å². The molecule has 0 aliphatic carbocycles. The Morgan fingerprint density at radius 2 is 1.87 bits per heavy atom. The number of hydrogen-bond donors (Lipinski definition) is 1. The van der Waals surface area contributed by atoms with E-state index in [1.54, 1.807) is 34.9 Å². The third-order valence-electron chi connectivity index (χ3n) is 5.74. The number of carbonyl (C=O) groups is 1. The molecular weight excluding hydrogens is 421 g/mol. The van der Waals surface area contributed by atoms with Crippen molar-refractivity contribution in [2.24, 2.45) is 5.92 Å². The molecule has 1 amide bonds. The van der Waals surface area contributed by atoms with Gasteiger partial charge in [-0.25, -0.2) is 0 Å². The van der Waals surface area contributed by atoms with Gasteiger partial charge in [0.15, 0.2) is 0 Å². The van der Waals surface area contributed by atoms with E-state index in [1.807, 2.05) is 12.3 Å². The molecule has 1 aliphatic rings. The van der Waals surface area contributed by atoms with Crippen molar-refractivity contribution in [1.29, 1.82) is 0 Å². The van der Waals surface area contributed by atoms with Gasteiger partial charge in [0.2, 0.25) is 0 Å². The van der Waals surface area contributed by atoms with Gasteiger partial charge in [-0.1, -0.05) is 29.3 Å². The predicted octanol–water partition coefficient (Wildman–Crippen LogP) is 4.90. The van der Waals surface area contributed by atoms with Crippen LogP contribution in [0.25, 0.3) is 10.8 Å². The number of anilines is 1. The predicted molar refractivity (Wildman–Crippen MR) is 123 cm³/mol. The van der Waals surface area contributed by atoms with Crippen LogP contribution in [-0.4, -0.2) is 35.5 Å². The normalized spacial score (nSPS) is 15.4. The summed E-state index contributed by atoms with van der Waals surface area (Å²) in [4.78, 5) is 28.1. The summed E-state index contributed by atoms with van der Waals surface area (Å²) in [6.45, 7) is 2.85. The average molecular weight is 444 g/mol. The number of benzene rings is 2. The molecule has 2 aromatic carbocycles. The summed E-state index contributed by atoms with van der Waals surface area (Å²) in [7, 11) is 2.13. The van der Waals surface area contributed by atoms with Gasteiger partial charge in [0.25, 0.3) is 11.5 Å². The molecular formula is C23H23Cl2N3O2. The number of halogens is 2. The van der Waals surface area contributed by atoms with Crippen LogP contribution in [0, 0.1) is 5.92 Å². The first-order valence-corrected chi connectivity index (χ1v) is 10.7. The minimum atomic E-state index is -0.348. The van der Waals surface area contributed by atoms with Crippen LogP contribution in [0.4, 0.5) is 5.69 Å². The third-order valence-corrected chi connectivity index (χ3v) is 6.28. The molecule has 7 heteroatoms. The van der Waals surface area contributed by atoms with Crippen molar-refractivity contribution in [2.45, 2.75) is 19.4 Å². The lowest BCUT2D eigenvalue weighted by molar-refractivity contribution is 0.102. The van der Waals surface area contributed by atoms with E-state index in [0.29, 0.717) is 33.0 Å². The van der Waals surface area contributed by atoms with Gasteiger partial charge < -0.3 is 14.8 Å². The van der Waals surface area contributed by atoms with E-state index in [1.165, 1.54) is 6.07 Å². The Kier molecular flexibility index (Phi) is 6.14. The lowest BCUT2D eigenvalue weighted by Gasteiger charge is -2.29. The average Bonchev–Trinajstić information content (AvgIpc) is 2.72. The smallest absolute Gasteiger partial charge is 0.258 e. The summed E-state index contributed by atoms with van der Waals surface area (Å²) in [5.41, 5.74) is 0.868. The highest BCUT2D eigenvalue weighted by Gasteiger charge is 2.18. The van der Waals surface area contributed by atoms with Crippen molar-refractivity contribution >= 4 is 45.6 Å². The van der Waals surface area contributed by atoms with Crippen molar-refractivity contribution < 1.29 is 4.79 Å². The van der Waals surface area contributed by atoms with E-state index in [2.05, 4.69) is 17.3 Å². The molecule has 1 saturated heterocycles. The van der Waals surface area contributed by atoms with Gasteiger partial charge >= 0.3 is 0 Å². The SMILES string of the molecule is CN1CCC(Cn2ccc3c(NC(=O)c4ccc(Cl)cc4Cl)cccc3c2=O)CC1. The van der Waals surface area contributed by atoms with Crippen molar-refractivity contribution in [3.05, 3.63) is 74.6 Å². The number of carbonyl (C=O) groups excluding carboxylic acids is 1. The van der Waals surface area contributed by atoms with Crippen molar-refractivity contribution in [1.82, 2.24) is 9.47 Å². The van der Waals surface area contributed by atoms with Crippen LogP contribution in [0.1, 0.15) is 23.2 Å². The number of pyridine rings is 1. The molecule has 0 bridgehead atoms. The highest BCUT2D eigenvalue weighted by Crippen LogP contribution is 2.25. The topological polar surface area (TPSA) is 54.3 Å². The second kappa shape index (κ2) is 8.80. The first kappa shape index (κ1) is 20.9. The molecule has 3 aromatic rings. The molecule has 1 fully saturated rings. The Morgan fingerprint density at radius 3 is 2.60 bits per heavy atom. The number of aromatic nitrogens is 1. The maximum absolute atomic E-state index is 13.1. The standard InChI is InChI=1S/C23H23Cl2N3O2/c1-27-10-7-15(8-11-27)14-28-12-9-17-18(23(28)30)3-2-4-21(17)26-22(29)19-6-5-16(24)13-20(19)25/h2-6,9,12-13,15H,7-8,10-11,14H2,1H3,(H,26,29). The molecule has 0 radical (unpaired) electrons. The van der Waals surface area contributed by atoms with Gasteiger partial charge in [-0.2, -0.15) is 0 Å². The zero-order chi connectivity index (χ0) is 21.3. The number of nitrogens with one attached hydrogen (secondary N) is 1. The molecule has 0 spiro atoms. The van der Waals surface area contributed by atoms with Crippen molar-refractivity contribution in [2.75, 3.05) is 25.5 Å². The Morgan fingerprint density at radius 1 is 1.10 bits per heavy atom. The number of rotatable bonds is 4. The Hall–Kier alpha value is -2.34. The minimum Gasteiger partial charge on any atom is -0.321 e. The van der Waals surface area contributed by atoms with Crippen LogP contribution in [0.15, 0.2) is 53.5 Å². The first-order chi connectivity index (χ1) is 14.4. The van der Waals surface area contributed by atoms with Crippen molar-refractivity contribution in [3.63, 3.8) is 0 Å². The van der Waals surface area contributed by atoms with E-state index in [-0.39, 0.29) is 16.5 Å². The fourth-order valence-corrected chi connectivity index (χ4v) is 4.45. The summed E-state index contributed by atoms with van der Waals surface area (Å²) in [5.74, 6) is 0.158. The molecule has 0 saturated carbocycles. The summed E-state index contributed by atoms with van der Waals surface area (Å²) >= 11 is 12.1. The molecule has 0 atom stereocenters. The lowest BCUT2D eigenvalue weighted by Crippen LogP contribution is -2.33. The molecule has 1 aliphatic heterocycles. The fraction of sp³-hybridized carbons (Fsp3) is 0.304. The summed E-state index contributed by atoms with van der Waals surface area (Å²) < 4.78 is 1.79. The van der Waals surface area contributed by atoms with Gasteiger partial charge in [0.05, 0.1) is 10.6 Å². The van der Waals surface area contributed by atoms with Gasteiger partial charge in [0, 0.05) is 34.2 Å². The number of hydrogen-bond acceptors (Lipinski definition) is 3. The van der Waals surface area contributed by atoms with Gasteiger partial charge in [-0.15, -0.1) is 0 Å². The van der Waals surface area contributed by atoms with E-state index < -0.39 is 0 Å². The van der Waals surface area contributed by atoms with E-state index in [9.17, 15) is 9.59 Å². The highest BCUT2D eigenvalue weighted by molar-refractivity contribution is 6.37.